The molecule has 1 aromatic carbocycles. The molecule has 2 aromatic rings. The molecular weight excluding hydrogens is 484 g/mol. The number of hydrogen-bond donors (Lipinski definition) is 0. The molecule has 1 aromatic heterocycles. The van der Waals surface area contributed by atoms with Crippen LogP contribution < -0.4 is 10.3 Å². The zero-order valence-corrected chi connectivity index (χ0v) is 20.2. The van der Waals surface area contributed by atoms with E-state index in [0.717, 1.165) is 24.6 Å². The topological polar surface area (TPSA) is 57.5 Å². The summed E-state index contributed by atoms with van der Waals surface area (Å²) in [4.78, 5) is 22.6. The van der Waals surface area contributed by atoms with Crippen LogP contribution in [0.15, 0.2) is 57.8 Å². The molecule has 0 fully saturated rings. The van der Waals surface area contributed by atoms with Crippen LogP contribution in [0.25, 0.3) is 0 Å². The van der Waals surface area contributed by atoms with E-state index in [0.29, 0.717) is 16.8 Å². The monoisotopic (exact) mass is 511 g/mol. The highest BCUT2D eigenvalue weighted by Gasteiger charge is 2.13. The molecule has 8 heteroatoms. The SMILES string of the molecule is C/C=C/C(=O)OC.CC/C=C\CCn1c(C)cc(OCc2ccc(F)cc2F)c(Br)c1=O. The average Bonchev–Trinajstić information content (AvgIpc) is 2.76. The van der Waals surface area contributed by atoms with Gasteiger partial charge in [-0.05, 0) is 54.8 Å². The Hall–Kier alpha value is -2.74. The molecule has 0 spiro atoms. The highest BCUT2D eigenvalue weighted by atomic mass is 79.9. The number of carbonyl (C=O) groups excluding carboxylic acids is 1. The molecule has 0 bridgehead atoms. The summed E-state index contributed by atoms with van der Waals surface area (Å²) in [6.45, 7) is 6.12. The highest BCUT2D eigenvalue weighted by Crippen LogP contribution is 2.24. The number of methoxy groups -OCH3 is 1. The molecule has 0 N–H and O–H groups in total. The zero-order valence-electron chi connectivity index (χ0n) is 18.7. The predicted octanol–water partition coefficient (Wildman–Crippen LogP) is 5.87. The molecular formula is C24H28BrF2NO4. The number of pyridine rings is 1. The van der Waals surface area contributed by atoms with Crippen molar-refractivity contribution in [2.45, 2.75) is 46.8 Å². The van der Waals surface area contributed by atoms with Crippen LogP contribution in [0.5, 0.6) is 5.75 Å². The molecule has 0 saturated carbocycles. The molecule has 0 unspecified atom stereocenters. The molecule has 1 heterocycles. The summed E-state index contributed by atoms with van der Waals surface area (Å²) in [5.41, 5.74) is 0.784. The van der Waals surface area contributed by atoms with E-state index in [4.69, 9.17) is 4.74 Å². The third-order valence-electron chi connectivity index (χ3n) is 4.24. The fourth-order valence-corrected chi connectivity index (χ4v) is 3.03. The Kier molecular flexibility index (Phi) is 12.2. The number of benzene rings is 1. The smallest absolute Gasteiger partial charge is 0.330 e. The largest absolute Gasteiger partial charge is 0.487 e. The summed E-state index contributed by atoms with van der Waals surface area (Å²) in [6, 6.07) is 5.04. The molecule has 0 aliphatic rings. The lowest BCUT2D eigenvalue weighted by Gasteiger charge is -2.14. The maximum absolute atomic E-state index is 13.7. The molecule has 0 aliphatic carbocycles. The van der Waals surface area contributed by atoms with Gasteiger partial charge in [0.1, 0.15) is 28.5 Å². The van der Waals surface area contributed by atoms with E-state index >= 15 is 0 Å². The van der Waals surface area contributed by atoms with E-state index in [1.807, 2.05) is 13.0 Å². The maximum Gasteiger partial charge on any atom is 0.330 e. The van der Waals surface area contributed by atoms with Crippen LogP contribution in [0, 0.1) is 18.6 Å². The molecule has 174 valence electrons. The van der Waals surface area contributed by atoms with Gasteiger partial charge in [0.2, 0.25) is 0 Å². The number of ether oxygens (including phenoxy) is 2. The Labute approximate surface area is 195 Å². The fourth-order valence-electron chi connectivity index (χ4n) is 2.58. The van der Waals surface area contributed by atoms with Crippen molar-refractivity contribution in [3.63, 3.8) is 0 Å². The van der Waals surface area contributed by atoms with Crippen LogP contribution in [-0.2, 0) is 22.7 Å². The summed E-state index contributed by atoms with van der Waals surface area (Å²) >= 11 is 3.26. The first kappa shape index (κ1) is 27.3. The van der Waals surface area contributed by atoms with E-state index in [-0.39, 0.29) is 23.7 Å². The standard InChI is InChI=1S/C19H20BrF2NO2.C5H8O2/c1-3-4-5-6-9-23-13(2)10-17(18(20)19(23)24)25-12-14-7-8-15(21)11-16(14)22;1-3-4-5(6)7-2/h4-5,7-8,10-11H,3,6,9,12H2,1-2H3;3-4H,1-2H3/b5-4-;4-3+. The van der Waals surface area contributed by atoms with Crippen molar-refractivity contribution >= 4 is 21.9 Å². The van der Waals surface area contributed by atoms with Gasteiger partial charge in [-0.1, -0.05) is 25.2 Å². The van der Waals surface area contributed by atoms with Gasteiger partial charge < -0.3 is 14.0 Å². The van der Waals surface area contributed by atoms with Gasteiger partial charge in [-0.25, -0.2) is 13.6 Å². The minimum atomic E-state index is -0.677. The summed E-state index contributed by atoms with van der Waals surface area (Å²) in [6.07, 6.45) is 8.82. The first-order valence-corrected chi connectivity index (χ1v) is 10.9. The molecule has 2 rings (SSSR count). The van der Waals surface area contributed by atoms with E-state index in [2.05, 4.69) is 33.7 Å². The van der Waals surface area contributed by atoms with Gasteiger partial charge in [0, 0.05) is 36.0 Å². The molecule has 0 radical (unpaired) electrons. The lowest BCUT2D eigenvalue weighted by atomic mass is 10.2. The van der Waals surface area contributed by atoms with E-state index in [9.17, 15) is 18.4 Å². The number of nitrogens with zero attached hydrogens (tertiary/aromatic N) is 1. The van der Waals surface area contributed by atoms with Gasteiger partial charge in [0.15, 0.2) is 0 Å². The molecule has 5 nitrogen and oxygen atoms in total. The van der Waals surface area contributed by atoms with Crippen molar-refractivity contribution in [3.8, 4) is 5.75 Å². The third-order valence-corrected chi connectivity index (χ3v) is 4.97. The van der Waals surface area contributed by atoms with Gasteiger partial charge in [0.25, 0.3) is 5.56 Å². The second kappa shape index (κ2) is 14.3. The number of aromatic nitrogens is 1. The van der Waals surface area contributed by atoms with Crippen molar-refractivity contribution in [1.29, 1.82) is 0 Å². The Morgan fingerprint density at radius 1 is 1.22 bits per heavy atom. The zero-order chi connectivity index (χ0) is 24.1. The number of allylic oxidation sites excluding steroid dienone is 3. The van der Waals surface area contributed by atoms with Gasteiger partial charge >= 0.3 is 5.97 Å². The average molecular weight is 512 g/mol. The van der Waals surface area contributed by atoms with Crippen molar-refractivity contribution in [2.75, 3.05) is 7.11 Å². The van der Waals surface area contributed by atoms with Crippen LogP contribution in [0.2, 0.25) is 0 Å². The maximum atomic E-state index is 13.7. The highest BCUT2D eigenvalue weighted by molar-refractivity contribution is 9.10. The number of carbonyl (C=O) groups is 1. The van der Waals surface area contributed by atoms with Crippen LogP contribution >= 0.6 is 15.9 Å². The van der Waals surface area contributed by atoms with Gasteiger partial charge in [0.05, 0.1) is 7.11 Å². The number of hydrogen-bond acceptors (Lipinski definition) is 4. The molecule has 0 aliphatic heterocycles. The van der Waals surface area contributed by atoms with Crippen LogP contribution in [0.3, 0.4) is 0 Å². The van der Waals surface area contributed by atoms with Crippen LogP contribution in [0.1, 0.15) is 37.9 Å². The second-order valence-corrected chi connectivity index (χ2v) is 7.43. The minimum absolute atomic E-state index is 0.0904. The van der Waals surface area contributed by atoms with E-state index < -0.39 is 11.6 Å². The van der Waals surface area contributed by atoms with Crippen molar-refractivity contribution < 1.29 is 23.0 Å². The predicted molar refractivity (Wildman–Crippen MR) is 125 cm³/mol. The Morgan fingerprint density at radius 2 is 1.94 bits per heavy atom. The van der Waals surface area contributed by atoms with Gasteiger partial charge in [-0.3, -0.25) is 4.79 Å². The van der Waals surface area contributed by atoms with Gasteiger partial charge in [-0.2, -0.15) is 0 Å². The fraction of sp³-hybridized carbons (Fsp3) is 0.333. The summed E-state index contributed by atoms with van der Waals surface area (Å²) in [7, 11) is 1.35. The Balaban J connectivity index is 0.000000633. The van der Waals surface area contributed by atoms with Crippen LogP contribution in [0.4, 0.5) is 8.78 Å². The van der Waals surface area contributed by atoms with E-state index in [1.165, 1.54) is 25.3 Å². The van der Waals surface area contributed by atoms with Crippen LogP contribution in [-0.4, -0.2) is 17.6 Å². The normalized spacial score (nSPS) is 10.8. The lowest BCUT2D eigenvalue weighted by Crippen LogP contribution is -2.23. The molecule has 0 amide bonds. The minimum Gasteiger partial charge on any atom is -0.487 e. The summed E-state index contributed by atoms with van der Waals surface area (Å²) in [5.74, 6) is -1.28. The summed E-state index contributed by atoms with van der Waals surface area (Å²) < 4.78 is 38.4. The quantitative estimate of drug-likeness (QED) is 0.252. The molecule has 0 saturated heterocycles. The second-order valence-electron chi connectivity index (χ2n) is 6.64. The third kappa shape index (κ3) is 8.78. The van der Waals surface area contributed by atoms with Gasteiger partial charge in [-0.15, -0.1) is 0 Å². The Morgan fingerprint density at radius 3 is 2.50 bits per heavy atom. The van der Waals surface area contributed by atoms with Crippen molar-refractivity contribution in [3.05, 3.63) is 86.3 Å². The Bertz CT molecular complexity index is 1020. The number of aryl methyl sites for hydroxylation is 1. The number of rotatable bonds is 8. The molecule has 32 heavy (non-hydrogen) atoms. The van der Waals surface area contributed by atoms with E-state index in [1.54, 1.807) is 23.6 Å². The number of halogens is 3. The van der Waals surface area contributed by atoms with Crippen molar-refractivity contribution in [1.82, 2.24) is 4.57 Å². The first-order valence-electron chi connectivity index (χ1n) is 10.1. The van der Waals surface area contributed by atoms with Crippen molar-refractivity contribution in [2.24, 2.45) is 0 Å². The molecule has 0 atom stereocenters. The lowest BCUT2D eigenvalue weighted by molar-refractivity contribution is -0.134. The first-order chi connectivity index (χ1) is 15.2. The number of esters is 1. The summed E-state index contributed by atoms with van der Waals surface area (Å²) in [5, 5.41) is 0.